The summed E-state index contributed by atoms with van der Waals surface area (Å²) in [6.07, 6.45) is 4.64. The number of hydrogen-bond acceptors (Lipinski definition) is 3. The Morgan fingerprint density at radius 3 is 2.47 bits per heavy atom. The number of aliphatic hydroxyl groups is 1. The quantitative estimate of drug-likeness (QED) is 0.843. The van der Waals surface area contributed by atoms with Crippen molar-refractivity contribution >= 4 is 23.5 Å². The Labute approximate surface area is 112 Å². The Balaban J connectivity index is 2.36. The van der Waals surface area contributed by atoms with Crippen LogP contribution in [0, 0.1) is 0 Å². The molecule has 0 saturated carbocycles. The fourth-order valence-electron chi connectivity index (χ4n) is 2.04. The lowest BCUT2D eigenvalue weighted by atomic mass is 10.1. The van der Waals surface area contributed by atoms with Crippen molar-refractivity contribution in [2.75, 3.05) is 11.5 Å². The van der Waals surface area contributed by atoms with Gasteiger partial charge in [0.05, 0.1) is 0 Å². The number of hydrogen-bond donors (Lipinski definition) is 1. The molecule has 1 nitrogen and oxygen atoms in total. The summed E-state index contributed by atoms with van der Waals surface area (Å²) >= 11 is 3.75. The molecule has 2 rings (SSSR count). The summed E-state index contributed by atoms with van der Waals surface area (Å²) in [5, 5.41) is 10.4. The van der Waals surface area contributed by atoms with Gasteiger partial charge >= 0.3 is 0 Å². The van der Waals surface area contributed by atoms with Crippen molar-refractivity contribution in [2.45, 2.75) is 23.5 Å². The largest absolute Gasteiger partial charge is 0.386 e. The highest BCUT2D eigenvalue weighted by Gasteiger charge is 2.41. The third-order valence-corrected chi connectivity index (χ3v) is 6.37. The lowest BCUT2D eigenvalue weighted by Gasteiger charge is -2.39. The Morgan fingerprint density at radius 1 is 1.24 bits per heavy atom. The smallest absolute Gasteiger partial charge is 0.116 e. The van der Waals surface area contributed by atoms with Gasteiger partial charge in [0.2, 0.25) is 0 Å². The molecule has 3 heteroatoms. The van der Waals surface area contributed by atoms with Crippen molar-refractivity contribution < 1.29 is 5.11 Å². The van der Waals surface area contributed by atoms with E-state index in [2.05, 4.69) is 24.3 Å². The molecular formula is C14H18OS2. The average Bonchev–Trinajstić information content (AvgIpc) is 2.41. The maximum atomic E-state index is 10.4. The van der Waals surface area contributed by atoms with Gasteiger partial charge in [-0.05, 0) is 30.4 Å². The van der Waals surface area contributed by atoms with Crippen molar-refractivity contribution in [1.82, 2.24) is 0 Å². The molecule has 0 amide bonds. The lowest BCUT2D eigenvalue weighted by molar-refractivity contribution is 0.208. The fourth-order valence-corrected chi connectivity index (χ4v) is 5.34. The molecule has 1 aliphatic heterocycles. The Bertz CT molecular complexity index is 369. The van der Waals surface area contributed by atoms with Crippen LogP contribution < -0.4 is 0 Å². The van der Waals surface area contributed by atoms with Crippen LogP contribution in [-0.4, -0.2) is 22.7 Å². The summed E-state index contributed by atoms with van der Waals surface area (Å²) in [5.74, 6) is 2.24. The molecule has 0 radical (unpaired) electrons. The molecule has 1 unspecified atom stereocenters. The first-order valence-electron chi connectivity index (χ1n) is 5.94. The van der Waals surface area contributed by atoms with Crippen molar-refractivity contribution in [1.29, 1.82) is 0 Å². The van der Waals surface area contributed by atoms with E-state index in [1.807, 2.05) is 48.7 Å². The maximum absolute atomic E-state index is 10.4. The van der Waals surface area contributed by atoms with E-state index in [0.29, 0.717) is 0 Å². The van der Waals surface area contributed by atoms with Crippen LogP contribution in [0.4, 0.5) is 0 Å². The molecule has 1 atom stereocenters. The predicted molar refractivity (Wildman–Crippen MR) is 78.5 cm³/mol. The van der Waals surface area contributed by atoms with Crippen LogP contribution in [-0.2, 0) is 4.08 Å². The molecule has 1 fully saturated rings. The van der Waals surface area contributed by atoms with Gasteiger partial charge in [0, 0.05) is 0 Å². The van der Waals surface area contributed by atoms with Gasteiger partial charge in [-0.2, -0.15) is 0 Å². The Kier molecular flexibility index (Phi) is 4.60. The van der Waals surface area contributed by atoms with Gasteiger partial charge in [-0.15, -0.1) is 23.5 Å². The Morgan fingerprint density at radius 2 is 1.88 bits per heavy atom. The third kappa shape index (κ3) is 2.72. The molecule has 1 aliphatic rings. The summed E-state index contributed by atoms with van der Waals surface area (Å²) < 4.78 is -0.216. The normalized spacial score (nSPS) is 21.5. The summed E-state index contributed by atoms with van der Waals surface area (Å²) in [4.78, 5) is 0. The van der Waals surface area contributed by atoms with Crippen LogP contribution >= 0.6 is 23.5 Å². The summed E-state index contributed by atoms with van der Waals surface area (Å²) in [6.45, 7) is 1.96. The fraction of sp³-hybridized carbons (Fsp3) is 0.429. The minimum atomic E-state index is -0.426. The van der Waals surface area contributed by atoms with Crippen LogP contribution in [0.25, 0.3) is 0 Å². The number of rotatable bonds is 3. The Hall–Kier alpha value is -0.380. The highest BCUT2D eigenvalue weighted by Crippen LogP contribution is 2.52. The van der Waals surface area contributed by atoms with Gasteiger partial charge in [-0.25, -0.2) is 0 Å². The van der Waals surface area contributed by atoms with Crippen molar-refractivity contribution in [3.63, 3.8) is 0 Å². The molecule has 1 heterocycles. The predicted octanol–water partition coefficient (Wildman–Crippen LogP) is 3.65. The minimum Gasteiger partial charge on any atom is -0.386 e. The van der Waals surface area contributed by atoms with E-state index in [0.717, 1.165) is 11.5 Å². The van der Waals surface area contributed by atoms with Gasteiger partial charge in [0.1, 0.15) is 10.2 Å². The second kappa shape index (κ2) is 5.98. The molecule has 1 aromatic carbocycles. The number of aliphatic hydroxyl groups excluding tert-OH is 1. The zero-order chi connectivity index (χ0) is 12.1. The summed E-state index contributed by atoms with van der Waals surface area (Å²) in [5.41, 5.74) is 1.22. The standard InChI is InChI=1S/C14H18OS2/c1-2-7-13(15)14(16-10-6-11-17-14)12-8-4-3-5-9-12/h2-5,7-9,13,15H,6,10-11H2,1H3/b7-2+. The molecular weight excluding hydrogens is 248 g/mol. The zero-order valence-electron chi connectivity index (χ0n) is 10.0. The van der Waals surface area contributed by atoms with Gasteiger partial charge < -0.3 is 5.11 Å². The number of benzene rings is 1. The minimum absolute atomic E-state index is 0.216. The molecule has 1 saturated heterocycles. The average molecular weight is 266 g/mol. The molecule has 0 spiro atoms. The SMILES string of the molecule is C/C=C/C(O)C1(c2ccccc2)SCCCS1. The first kappa shape index (κ1) is 13.1. The lowest BCUT2D eigenvalue weighted by Crippen LogP contribution is -2.34. The third-order valence-electron chi connectivity index (χ3n) is 2.86. The molecule has 0 bridgehead atoms. The van der Waals surface area contributed by atoms with Gasteiger partial charge in [-0.1, -0.05) is 42.5 Å². The first-order chi connectivity index (χ1) is 8.29. The second-order valence-electron chi connectivity index (χ2n) is 4.05. The second-order valence-corrected chi connectivity index (χ2v) is 6.99. The van der Waals surface area contributed by atoms with E-state index in [9.17, 15) is 5.11 Å². The van der Waals surface area contributed by atoms with Gasteiger partial charge in [0.15, 0.2) is 0 Å². The van der Waals surface area contributed by atoms with E-state index >= 15 is 0 Å². The van der Waals surface area contributed by atoms with E-state index in [4.69, 9.17) is 0 Å². The van der Waals surface area contributed by atoms with Crippen LogP contribution in [0.1, 0.15) is 18.9 Å². The summed E-state index contributed by atoms with van der Waals surface area (Å²) in [6, 6.07) is 10.4. The van der Waals surface area contributed by atoms with Gasteiger partial charge in [0.25, 0.3) is 0 Å². The molecule has 92 valence electrons. The molecule has 0 aromatic heterocycles. The molecule has 1 aromatic rings. The zero-order valence-corrected chi connectivity index (χ0v) is 11.6. The van der Waals surface area contributed by atoms with Crippen LogP contribution in [0.3, 0.4) is 0 Å². The molecule has 17 heavy (non-hydrogen) atoms. The number of allylic oxidation sites excluding steroid dienone is 1. The highest BCUT2D eigenvalue weighted by atomic mass is 32.2. The van der Waals surface area contributed by atoms with Crippen LogP contribution in [0.15, 0.2) is 42.5 Å². The molecule has 0 aliphatic carbocycles. The van der Waals surface area contributed by atoms with Crippen molar-refractivity contribution in [2.24, 2.45) is 0 Å². The van der Waals surface area contributed by atoms with E-state index < -0.39 is 6.10 Å². The first-order valence-corrected chi connectivity index (χ1v) is 7.91. The summed E-state index contributed by atoms with van der Waals surface area (Å²) in [7, 11) is 0. The van der Waals surface area contributed by atoms with E-state index in [-0.39, 0.29) is 4.08 Å². The monoisotopic (exact) mass is 266 g/mol. The maximum Gasteiger partial charge on any atom is 0.116 e. The topological polar surface area (TPSA) is 20.2 Å². The van der Waals surface area contributed by atoms with E-state index in [1.54, 1.807) is 0 Å². The number of thioether (sulfide) groups is 2. The van der Waals surface area contributed by atoms with Crippen LogP contribution in [0.2, 0.25) is 0 Å². The van der Waals surface area contributed by atoms with E-state index in [1.165, 1.54) is 12.0 Å². The van der Waals surface area contributed by atoms with Crippen LogP contribution in [0.5, 0.6) is 0 Å². The van der Waals surface area contributed by atoms with Crippen molar-refractivity contribution in [3.8, 4) is 0 Å². The van der Waals surface area contributed by atoms with Gasteiger partial charge in [-0.3, -0.25) is 0 Å². The van der Waals surface area contributed by atoms with Crippen molar-refractivity contribution in [3.05, 3.63) is 48.0 Å². The molecule has 1 N–H and O–H groups in total. The highest BCUT2D eigenvalue weighted by molar-refractivity contribution is 8.18.